The average Bonchev–Trinajstić information content (AvgIpc) is 2.47. The molecule has 3 nitrogen and oxygen atoms in total. The molecule has 1 aliphatic carbocycles. The summed E-state index contributed by atoms with van der Waals surface area (Å²) in [6.45, 7) is -0.283. The number of carbonyl (C=O) groups excluding carboxylic acids is 1. The molecule has 0 amide bonds. The van der Waals surface area contributed by atoms with Crippen LogP contribution in [0.5, 0.6) is 0 Å². The third-order valence-electron chi connectivity index (χ3n) is 3.02. The molecule has 1 aromatic carbocycles. The minimum Gasteiger partial charge on any atom is -0.392 e. The molecule has 0 bridgehead atoms. The molecule has 1 unspecified atom stereocenters. The Morgan fingerprint density at radius 2 is 2.11 bits per heavy atom. The lowest BCUT2D eigenvalue weighted by Crippen LogP contribution is -2.23. The van der Waals surface area contributed by atoms with Gasteiger partial charge < -0.3 is 5.11 Å². The van der Waals surface area contributed by atoms with Gasteiger partial charge in [0.1, 0.15) is 0 Å². The molecule has 0 radical (unpaired) electrons. The molecule has 0 fully saturated rings. The Morgan fingerprint density at radius 1 is 1.42 bits per heavy atom. The number of allylic oxidation sites excluding steroid dienone is 3. The Balaban J connectivity index is 2.38. The minimum absolute atomic E-state index is 0.159. The summed E-state index contributed by atoms with van der Waals surface area (Å²) in [7, 11) is 0. The molecule has 1 aromatic rings. The molecule has 0 aliphatic heterocycles. The predicted molar refractivity (Wildman–Crippen MR) is 72.8 cm³/mol. The van der Waals surface area contributed by atoms with Crippen LogP contribution in [0.2, 0.25) is 0 Å². The van der Waals surface area contributed by atoms with Crippen LogP contribution in [-0.2, 0) is 0 Å². The molecule has 1 N–H and O–H groups in total. The topological polar surface area (TPSA) is 61.1 Å². The van der Waals surface area contributed by atoms with Gasteiger partial charge in [0.2, 0.25) is 0 Å². The molecule has 1 aliphatic rings. The second-order valence-electron chi connectivity index (χ2n) is 4.35. The van der Waals surface area contributed by atoms with Crippen LogP contribution in [0.4, 0.5) is 0 Å². The lowest BCUT2D eigenvalue weighted by Gasteiger charge is -2.22. The molecular weight excluding hydrogens is 262 g/mol. The van der Waals surface area contributed by atoms with Crippen molar-refractivity contribution in [1.82, 2.24) is 0 Å². The van der Waals surface area contributed by atoms with Gasteiger partial charge in [0.05, 0.1) is 12.7 Å². The first-order valence-corrected chi connectivity index (χ1v) is 6.19. The zero-order valence-corrected chi connectivity index (χ0v) is 10.9. The second-order valence-corrected chi connectivity index (χ2v) is 5.03. The summed E-state index contributed by atoms with van der Waals surface area (Å²) < 4.78 is 0. The van der Waals surface area contributed by atoms with E-state index >= 15 is 0 Å². The van der Waals surface area contributed by atoms with Crippen LogP contribution in [0.15, 0.2) is 53.6 Å². The summed E-state index contributed by atoms with van der Waals surface area (Å²) in [4.78, 5) is 11.2. The summed E-state index contributed by atoms with van der Waals surface area (Å²) in [6.07, 6.45) is 3.19. The fourth-order valence-corrected chi connectivity index (χ4v) is 2.22. The first-order chi connectivity index (χ1) is 9.09. The first-order valence-electron chi connectivity index (χ1n) is 5.81. The van der Waals surface area contributed by atoms with E-state index < -0.39 is 4.87 Å². The predicted octanol–water partition coefficient (Wildman–Crippen LogP) is 2.62. The Kier molecular flexibility index (Phi) is 3.84. The Bertz CT molecular complexity index is 598. The van der Waals surface area contributed by atoms with Crippen molar-refractivity contribution in [2.45, 2.75) is 11.3 Å². The highest BCUT2D eigenvalue weighted by Gasteiger charge is 2.31. The summed E-state index contributed by atoms with van der Waals surface area (Å²) in [6, 6.07) is 10.8. The monoisotopic (exact) mass is 273 g/mol. The number of rotatable bonds is 3. The zero-order chi connectivity index (χ0) is 13.9. The van der Waals surface area contributed by atoms with E-state index in [1.807, 2.05) is 12.1 Å². The van der Waals surface area contributed by atoms with E-state index in [9.17, 15) is 9.90 Å². The van der Waals surface area contributed by atoms with E-state index in [2.05, 4.69) is 0 Å². The van der Waals surface area contributed by atoms with Crippen LogP contribution in [0, 0.1) is 11.3 Å². The SMILES string of the molecule is N#CC1(Cl)C=CC(C(=O)c2ccccc2)=C(CO)C1. The number of Topliss-reactive ketones (excluding diaryl/α,β-unsaturated/α-hetero) is 1. The van der Waals surface area contributed by atoms with E-state index in [0.29, 0.717) is 16.7 Å². The smallest absolute Gasteiger partial charge is 0.193 e. The molecule has 0 aromatic heterocycles. The Labute approximate surface area is 116 Å². The number of nitriles is 1. The van der Waals surface area contributed by atoms with Crippen molar-refractivity contribution in [1.29, 1.82) is 5.26 Å². The summed E-state index contributed by atoms with van der Waals surface area (Å²) in [5, 5.41) is 18.4. The molecule has 0 saturated heterocycles. The number of halogens is 1. The zero-order valence-electron chi connectivity index (χ0n) is 10.1. The molecule has 19 heavy (non-hydrogen) atoms. The van der Waals surface area contributed by atoms with Gasteiger partial charge in [-0.15, -0.1) is 0 Å². The van der Waals surface area contributed by atoms with E-state index in [0.717, 1.165) is 0 Å². The Morgan fingerprint density at radius 3 is 2.68 bits per heavy atom. The van der Waals surface area contributed by atoms with E-state index in [-0.39, 0.29) is 18.8 Å². The number of ketones is 1. The number of alkyl halides is 1. The maximum Gasteiger partial charge on any atom is 0.193 e. The van der Waals surface area contributed by atoms with Gasteiger partial charge in [-0.2, -0.15) is 5.26 Å². The molecule has 4 heteroatoms. The number of carbonyl (C=O) groups is 1. The van der Waals surface area contributed by atoms with Gasteiger partial charge in [0, 0.05) is 17.6 Å². The van der Waals surface area contributed by atoms with Crippen LogP contribution in [0.3, 0.4) is 0 Å². The fraction of sp³-hybridized carbons (Fsp3) is 0.200. The number of hydrogen-bond acceptors (Lipinski definition) is 3. The summed E-state index contributed by atoms with van der Waals surface area (Å²) in [5.41, 5.74) is 1.46. The van der Waals surface area contributed by atoms with Crippen molar-refractivity contribution >= 4 is 17.4 Å². The van der Waals surface area contributed by atoms with Gasteiger partial charge in [-0.3, -0.25) is 4.79 Å². The molecular formula is C15H12ClNO2. The molecule has 96 valence electrons. The van der Waals surface area contributed by atoms with Crippen LogP contribution in [0.25, 0.3) is 0 Å². The number of aliphatic hydroxyl groups excluding tert-OH is 1. The number of nitrogens with zero attached hydrogens (tertiary/aromatic N) is 1. The number of hydrogen-bond donors (Lipinski definition) is 1. The van der Waals surface area contributed by atoms with Gasteiger partial charge in [0.15, 0.2) is 10.7 Å². The maximum atomic E-state index is 12.3. The van der Waals surface area contributed by atoms with Crippen LogP contribution in [0.1, 0.15) is 16.8 Å². The van der Waals surface area contributed by atoms with Crippen molar-refractivity contribution in [2.75, 3.05) is 6.61 Å². The van der Waals surface area contributed by atoms with Gasteiger partial charge in [0.25, 0.3) is 0 Å². The molecule has 0 spiro atoms. The second kappa shape index (κ2) is 5.40. The van der Waals surface area contributed by atoms with Crippen LogP contribution < -0.4 is 0 Å². The van der Waals surface area contributed by atoms with Gasteiger partial charge >= 0.3 is 0 Å². The Hall–Kier alpha value is -1.89. The molecule has 0 heterocycles. The van der Waals surface area contributed by atoms with Crippen molar-refractivity contribution in [3.8, 4) is 6.07 Å². The third-order valence-corrected chi connectivity index (χ3v) is 3.37. The summed E-state index contributed by atoms with van der Waals surface area (Å²) in [5.74, 6) is -0.169. The van der Waals surface area contributed by atoms with Crippen molar-refractivity contribution in [2.24, 2.45) is 0 Å². The summed E-state index contributed by atoms with van der Waals surface area (Å²) >= 11 is 6.04. The maximum absolute atomic E-state index is 12.3. The lowest BCUT2D eigenvalue weighted by atomic mass is 9.87. The highest BCUT2D eigenvalue weighted by molar-refractivity contribution is 6.28. The third kappa shape index (κ3) is 2.76. The van der Waals surface area contributed by atoms with E-state index in [1.54, 1.807) is 24.3 Å². The minimum atomic E-state index is -1.17. The van der Waals surface area contributed by atoms with Gasteiger partial charge in [-0.05, 0) is 11.6 Å². The highest BCUT2D eigenvalue weighted by atomic mass is 35.5. The van der Waals surface area contributed by atoms with Crippen LogP contribution in [-0.4, -0.2) is 22.4 Å². The normalized spacial score (nSPS) is 22.2. The molecule has 0 saturated carbocycles. The van der Waals surface area contributed by atoms with E-state index in [1.165, 1.54) is 12.2 Å². The van der Waals surface area contributed by atoms with Crippen molar-refractivity contribution in [3.05, 3.63) is 59.2 Å². The lowest BCUT2D eigenvalue weighted by molar-refractivity contribution is 0.103. The van der Waals surface area contributed by atoms with Gasteiger partial charge in [-0.1, -0.05) is 48.0 Å². The van der Waals surface area contributed by atoms with Crippen molar-refractivity contribution in [3.63, 3.8) is 0 Å². The molecule has 1 atom stereocenters. The largest absolute Gasteiger partial charge is 0.392 e. The quantitative estimate of drug-likeness (QED) is 0.680. The average molecular weight is 274 g/mol. The van der Waals surface area contributed by atoms with Crippen molar-refractivity contribution < 1.29 is 9.90 Å². The highest BCUT2D eigenvalue weighted by Crippen LogP contribution is 2.33. The number of benzene rings is 1. The molecule has 2 rings (SSSR count). The fourth-order valence-electron chi connectivity index (χ4n) is 2.00. The first kappa shape index (κ1) is 13.5. The number of aliphatic hydroxyl groups is 1. The van der Waals surface area contributed by atoms with Crippen LogP contribution >= 0.6 is 11.6 Å². The standard InChI is InChI=1S/C15H12ClNO2/c16-15(10-17)7-6-13(12(8-15)9-18)14(19)11-4-2-1-3-5-11/h1-7,18H,8-9H2. The van der Waals surface area contributed by atoms with Gasteiger partial charge in [-0.25, -0.2) is 0 Å². The van der Waals surface area contributed by atoms with E-state index in [4.69, 9.17) is 16.9 Å².